The molecule has 0 aliphatic rings. The number of nitrogens with one attached hydrogen (secondary N) is 2. The molecule has 0 fully saturated rings. The quantitative estimate of drug-likeness (QED) is 0.683. The first-order valence-electron chi connectivity index (χ1n) is 6.78. The average molecular weight is 282 g/mol. The lowest BCUT2D eigenvalue weighted by Crippen LogP contribution is -2.37. The van der Waals surface area contributed by atoms with E-state index < -0.39 is 5.97 Å². The third-order valence-electron chi connectivity index (χ3n) is 3.09. The first-order valence-corrected chi connectivity index (χ1v) is 6.78. The van der Waals surface area contributed by atoms with Gasteiger partial charge in [0.2, 0.25) is 0 Å². The summed E-state index contributed by atoms with van der Waals surface area (Å²) in [5.41, 5.74) is 0. The molecule has 6 heteroatoms. The number of aliphatic carboxylic acids is 1. The number of carboxylic acids is 1. The zero-order chi connectivity index (χ0) is 15.0. The number of amides is 2. The summed E-state index contributed by atoms with van der Waals surface area (Å²) in [6.07, 6.45) is 3.12. The Balaban J connectivity index is 2.15. The van der Waals surface area contributed by atoms with Crippen molar-refractivity contribution < 1.29 is 19.1 Å². The molecular weight excluding hydrogens is 260 g/mol. The van der Waals surface area contributed by atoms with Crippen LogP contribution >= 0.6 is 0 Å². The fourth-order valence-corrected chi connectivity index (χ4v) is 1.80. The highest BCUT2D eigenvalue weighted by molar-refractivity contribution is 5.74. The van der Waals surface area contributed by atoms with E-state index in [2.05, 4.69) is 10.6 Å². The molecule has 0 bridgehead atoms. The predicted molar refractivity (Wildman–Crippen MR) is 74.3 cm³/mol. The molecule has 1 heterocycles. The Bertz CT molecular complexity index is 417. The molecule has 0 saturated carbocycles. The lowest BCUT2D eigenvalue weighted by atomic mass is 10.0. The summed E-state index contributed by atoms with van der Waals surface area (Å²) in [7, 11) is 0. The number of hydrogen-bond acceptors (Lipinski definition) is 3. The molecule has 0 aliphatic heterocycles. The number of urea groups is 1. The van der Waals surface area contributed by atoms with E-state index >= 15 is 0 Å². The number of hydrogen-bond donors (Lipinski definition) is 3. The van der Waals surface area contributed by atoms with Crippen LogP contribution in [0.2, 0.25) is 0 Å². The van der Waals surface area contributed by atoms with Crippen LogP contribution in [0.1, 0.15) is 44.9 Å². The summed E-state index contributed by atoms with van der Waals surface area (Å²) in [5.74, 6) is 0.193. The van der Waals surface area contributed by atoms with Gasteiger partial charge in [-0.05, 0) is 37.8 Å². The normalized spacial score (nSPS) is 13.5. The van der Waals surface area contributed by atoms with Crippen LogP contribution in [-0.2, 0) is 4.79 Å². The van der Waals surface area contributed by atoms with E-state index in [0.717, 1.165) is 6.42 Å². The number of carboxylic acid groups (broad SMARTS) is 1. The molecule has 2 atom stereocenters. The molecule has 1 aromatic rings. The maximum absolute atomic E-state index is 11.6. The van der Waals surface area contributed by atoms with Gasteiger partial charge in [-0.3, -0.25) is 4.79 Å². The molecule has 0 saturated heterocycles. The molecule has 2 unspecified atom stereocenters. The van der Waals surface area contributed by atoms with Crippen LogP contribution in [-0.4, -0.2) is 23.7 Å². The summed E-state index contributed by atoms with van der Waals surface area (Å²) in [6, 6.07) is 3.14. The Morgan fingerprint density at radius 3 is 2.70 bits per heavy atom. The molecule has 2 amide bonds. The van der Waals surface area contributed by atoms with Crippen molar-refractivity contribution in [2.24, 2.45) is 5.92 Å². The van der Waals surface area contributed by atoms with E-state index in [1.807, 2.05) is 13.8 Å². The minimum absolute atomic E-state index is 0.170. The molecule has 1 rings (SSSR count). The fraction of sp³-hybridized carbons (Fsp3) is 0.571. The van der Waals surface area contributed by atoms with E-state index in [1.165, 1.54) is 0 Å². The minimum Gasteiger partial charge on any atom is -0.481 e. The highest BCUT2D eigenvalue weighted by atomic mass is 16.4. The van der Waals surface area contributed by atoms with Gasteiger partial charge in [0.25, 0.3) is 0 Å². The molecule has 112 valence electrons. The summed E-state index contributed by atoms with van der Waals surface area (Å²) in [4.78, 5) is 22.1. The largest absolute Gasteiger partial charge is 0.481 e. The van der Waals surface area contributed by atoms with E-state index in [1.54, 1.807) is 18.4 Å². The number of furan rings is 1. The Morgan fingerprint density at radius 2 is 2.10 bits per heavy atom. The van der Waals surface area contributed by atoms with Crippen LogP contribution in [0.25, 0.3) is 0 Å². The van der Waals surface area contributed by atoms with Crippen molar-refractivity contribution in [1.82, 2.24) is 10.6 Å². The summed E-state index contributed by atoms with van der Waals surface area (Å²) >= 11 is 0. The third kappa shape index (κ3) is 6.26. The third-order valence-corrected chi connectivity index (χ3v) is 3.09. The van der Waals surface area contributed by atoms with E-state index in [4.69, 9.17) is 9.52 Å². The van der Waals surface area contributed by atoms with E-state index in [0.29, 0.717) is 18.7 Å². The monoisotopic (exact) mass is 282 g/mol. The van der Waals surface area contributed by atoms with Crippen molar-refractivity contribution in [3.63, 3.8) is 0 Å². The van der Waals surface area contributed by atoms with Crippen molar-refractivity contribution in [2.75, 3.05) is 6.54 Å². The van der Waals surface area contributed by atoms with Crippen LogP contribution in [0.3, 0.4) is 0 Å². The van der Waals surface area contributed by atoms with Gasteiger partial charge < -0.3 is 20.2 Å². The molecule has 3 N–H and O–H groups in total. The van der Waals surface area contributed by atoms with E-state index in [9.17, 15) is 9.59 Å². The van der Waals surface area contributed by atoms with Crippen molar-refractivity contribution in [3.05, 3.63) is 24.2 Å². The Kier molecular flexibility index (Phi) is 6.63. The predicted octanol–water partition coefficient (Wildman–Crippen LogP) is 2.53. The summed E-state index contributed by atoms with van der Waals surface area (Å²) in [5, 5.41) is 14.1. The Morgan fingerprint density at radius 1 is 1.35 bits per heavy atom. The standard InChI is InChI=1S/C14H22N2O4/c1-10(5-6-13(17)18)7-8-15-14(19)16-11(2)12-4-3-9-20-12/h3-4,9-11H,5-8H2,1-2H3,(H,17,18)(H2,15,16,19). The van der Waals surface area contributed by atoms with Gasteiger partial charge in [0.05, 0.1) is 12.3 Å². The van der Waals surface area contributed by atoms with Gasteiger partial charge in [-0.15, -0.1) is 0 Å². The lowest BCUT2D eigenvalue weighted by molar-refractivity contribution is -0.137. The maximum Gasteiger partial charge on any atom is 0.315 e. The SMILES string of the molecule is CC(CCNC(=O)NC(C)c1ccco1)CCC(=O)O. The molecule has 20 heavy (non-hydrogen) atoms. The van der Waals surface area contributed by atoms with Crippen LogP contribution in [0.5, 0.6) is 0 Å². The number of carbonyl (C=O) groups excluding carboxylic acids is 1. The smallest absolute Gasteiger partial charge is 0.315 e. The second-order valence-electron chi connectivity index (χ2n) is 4.96. The number of rotatable bonds is 8. The van der Waals surface area contributed by atoms with E-state index in [-0.39, 0.29) is 24.4 Å². The topological polar surface area (TPSA) is 91.6 Å². The van der Waals surface area contributed by atoms with Gasteiger partial charge in [-0.25, -0.2) is 4.79 Å². The zero-order valence-corrected chi connectivity index (χ0v) is 11.9. The van der Waals surface area contributed by atoms with Gasteiger partial charge >= 0.3 is 12.0 Å². The van der Waals surface area contributed by atoms with Gasteiger partial charge in [0.15, 0.2) is 0 Å². The highest BCUT2D eigenvalue weighted by Gasteiger charge is 2.11. The molecule has 6 nitrogen and oxygen atoms in total. The maximum atomic E-state index is 11.6. The second kappa shape index (κ2) is 8.24. The van der Waals surface area contributed by atoms with Crippen molar-refractivity contribution >= 4 is 12.0 Å². The highest BCUT2D eigenvalue weighted by Crippen LogP contribution is 2.12. The van der Waals surface area contributed by atoms with Gasteiger partial charge in [-0.2, -0.15) is 0 Å². The molecule has 1 aromatic heterocycles. The van der Waals surface area contributed by atoms with Gasteiger partial charge in [0, 0.05) is 13.0 Å². The lowest BCUT2D eigenvalue weighted by Gasteiger charge is -2.14. The average Bonchev–Trinajstić information content (AvgIpc) is 2.90. The van der Waals surface area contributed by atoms with Crippen LogP contribution < -0.4 is 10.6 Å². The first-order chi connectivity index (χ1) is 9.49. The second-order valence-corrected chi connectivity index (χ2v) is 4.96. The first kappa shape index (κ1) is 16.1. The molecule has 0 radical (unpaired) electrons. The molecule has 0 spiro atoms. The van der Waals surface area contributed by atoms with Crippen LogP contribution in [0.4, 0.5) is 4.79 Å². The number of carbonyl (C=O) groups is 2. The van der Waals surface area contributed by atoms with Gasteiger partial charge in [-0.1, -0.05) is 6.92 Å². The molecular formula is C14H22N2O4. The van der Waals surface area contributed by atoms with Crippen molar-refractivity contribution in [1.29, 1.82) is 0 Å². The minimum atomic E-state index is -0.783. The van der Waals surface area contributed by atoms with Crippen LogP contribution in [0, 0.1) is 5.92 Å². The Hall–Kier alpha value is -1.98. The zero-order valence-electron chi connectivity index (χ0n) is 11.9. The van der Waals surface area contributed by atoms with Crippen LogP contribution in [0.15, 0.2) is 22.8 Å². The summed E-state index contributed by atoms with van der Waals surface area (Å²) < 4.78 is 5.20. The van der Waals surface area contributed by atoms with Crippen molar-refractivity contribution in [3.8, 4) is 0 Å². The molecule has 0 aliphatic carbocycles. The fourth-order valence-electron chi connectivity index (χ4n) is 1.80. The Labute approximate surface area is 118 Å². The van der Waals surface area contributed by atoms with Gasteiger partial charge in [0.1, 0.15) is 5.76 Å². The summed E-state index contributed by atoms with van der Waals surface area (Å²) in [6.45, 7) is 4.35. The molecule has 0 aromatic carbocycles. The van der Waals surface area contributed by atoms with Crippen molar-refractivity contribution in [2.45, 2.75) is 39.2 Å².